The number of unbranched alkanes of at least 4 members (excludes halogenated alkanes) is 36. The quantitative estimate of drug-likeness (QED) is 0.0420. The lowest BCUT2D eigenvalue weighted by Crippen LogP contribution is -2.45. The van der Waals surface area contributed by atoms with Crippen molar-refractivity contribution in [3.63, 3.8) is 0 Å². The molecular weight excluding hydrogens is 843 g/mol. The lowest BCUT2D eigenvalue weighted by molar-refractivity contribution is -0.123. The Morgan fingerprint density at radius 2 is 0.652 bits per heavy atom. The number of amides is 1. The van der Waals surface area contributed by atoms with Gasteiger partial charge in [0.1, 0.15) is 0 Å². The molecule has 400 valence electrons. The Morgan fingerprint density at radius 3 is 1.01 bits per heavy atom. The molecule has 0 spiro atoms. The van der Waals surface area contributed by atoms with Gasteiger partial charge in [-0.3, -0.25) is 4.79 Å². The summed E-state index contributed by atoms with van der Waals surface area (Å²) in [6.45, 7) is 4.19. The van der Waals surface area contributed by atoms with Crippen molar-refractivity contribution in [2.75, 3.05) is 6.61 Å². The van der Waals surface area contributed by atoms with Gasteiger partial charge in [0.05, 0.1) is 18.8 Å². The van der Waals surface area contributed by atoms with Gasteiger partial charge < -0.3 is 15.5 Å². The molecule has 2 atom stereocenters. The highest BCUT2D eigenvalue weighted by atomic mass is 16.3. The van der Waals surface area contributed by atoms with Crippen molar-refractivity contribution in [1.82, 2.24) is 5.32 Å². The van der Waals surface area contributed by atoms with Crippen LogP contribution in [0.25, 0.3) is 0 Å². The van der Waals surface area contributed by atoms with Crippen LogP contribution in [0.15, 0.2) is 85.1 Å². The standard InChI is InChI=1S/C65H117NO3/c1-3-5-7-9-11-13-15-17-19-21-22-23-24-25-26-27-28-29-30-31-32-33-34-35-36-37-38-39-40-41-42-43-44-45-47-49-51-53-55-57-59-61-65(69)66-63(62-67)64(68)60-58-56-54-52-50-48-46-20-18-16-14-12-10-8-6-4-2/h5,7,11,13,17,19,22-23,25-26,50,52,58,60,63-64,67-68H,3-4,6,8-10,12,14-16,18,20-21,24,27-49,51,53-57,59,61-62H2,1-2H3,(H,66,69)/b7-5-,13-11-,19-17-,23-22-,26-25-,52-50+,60-58+. The van der Waals surface area contributed by atoms with Crippen LogP contribution in [0.2, 0.25) is 0 Å². The molecule has 1 amide bonds. The highest BCUT2D eigenvalue weighted by Gasteiger charge is 2.18. The monoisotopic (exact) mass is 960 g/mol. The molecule has 69 heavy (non-hydrogen) atoms. The molecule has 0 aliphatic carbocycles. The van der Waals surface area contributed by atoms with Gasteiger partial charge in [-0.2, -0.15) is 0 Å². The Labute approximate surface area is 431 Å². The molecule has 0 saturated carbocycles. The average molecular weight is 961 g/mol. The molecule has 0 saturated heterocycles. The van der Waals surface area contributed by atoms with Crippen molar-refractivity contribution in [2.45, 2.75) is 315 Å². The first-order chi connectivity index (χ1) is 34.2. The number of rotatable bonds is 55. The average Bonchev–Trinajstić information content (AvgIpc) is 3.35. The summed E-state index contributed by atoms with van der Waals surface area (Å²) >= 11 is 0. The Bertz CT molecular complexity index is 1230. The number of hydrogen-bond donors (Lipinski definition) is 3. The van der Waals surface area contributed by atoms with Crippen LogP contribution in [-0.4, -0.2) is 34.9 Å². The first-order valence-electron chi connectivity index (χ1n) is 30.3. The molecule has 0 fully saturated rings. The van der Waals surface area contributed by atoms with E-state index in [1.54, 1.807) is 6.08 Å². The number of carbonyl (C=O) groups excluding carboxylic acids is 1. The summed E-state index contributed by atoms with van der Waals surface area (Å²) < 4.78 is 0. The van der Waals surface area contributed by atoms with Crippen LogP contribution in [0.1, 0.15) is 303 Å². The third-order valence-electron chi connectivity index (χ3n) is 13.6. The van der Waals surface area contributed by atoms with Crippen molar-refractivity contribution in [3.05, 3.63) is 85.1 Å². The third-order valence-corrected chi connectivity index (χ3v) is 13.6. The van der Waals surface area contributed by atoms with Crippen LogP contribution < -0.4 is 5.32 Å². The van der Waals surface area contributed by atoms with Crippen LogP contribution in [0.4, 0.5) is 0 Å². The normalized spacial score (nSPS) is 13.4. The maximum absolute atomic E-state index is 12.5. The molecule has 0 aliphatic rings. The van der Waals surface area contributed by atoms with E-state index in [0.29, 0.717) is 6.42 Å². The second kappa shape index (κ2) is 59.9. The minimum absolute atomic E-state index is 0.0707. The van der Waals surface area contributed by atoms with Gasteiger partial charge >= 0.3 is 0 Å². The summed E-state index contributed by atoms with van der Waals surface area (Å²) in [4.78, 5) is 12.5. The van der Waals surface area contributed by atoms with E-state index in [0.717, 1.165) is 64.2 Å². The lowest BCUT2D eigenvalue weighted by Gasteiger charge is -2.19. The molecule has 0 aliphatic heterocycles. The lowest BCUT2D eigenvalue weighted by atomic mass is 10.0. The van der Waals surface area contributed by atoms with E-state index < -0.39 is 12.1 Å². The minimum atomic E-state index is -0.863. The molecule has 0 heterocycles. The van der Waals surface area contributed by atoms with E-state index in [9.17, 15) is 15.0 Å². The Morgan fingerprint density at radius 1 is 0.362 bits per heavy atom. The van der Waals surface area contributed by atoms with Crippen molar-refractivity contribution in [3.8, 4) is 0 Å². The van der Waals surface area contributed by atoms with Crippen LogP contribution >= 0.6 is 0 Å². The molecule has 0 aromatic heterocycles. The van der Waals surface area contributed by atoms with E-state index in [-0.39, 0.29) is 12.5 Å². The fourth-order valence-electron chi connectivity index (χ4n) is 9.05. The SMILES string of the molecule is CC/C=C\C/C=C\C/C=C\C/C=C\C/C=C\CCCCCCCCCCCCCCCCCCCCCCCCCCCC(=O)NC(CO)C(O)/C=C/CC/C=C/CCCCCCCCCCCC. The highest BCUT2D eigenvalue weighted by Crippen LogP contribution is 2.17. The zero-order chi connectivity index (χ0) is 49.9. The molecular formula is C65H117NO3. The summed E-state index contributed by atoms with van der Waals surface area (Å²) in [6.07, 6.45) is 87.8. The van der Waals surface area contributed by atoms with E-state index in [2.05, 4.69) is 92.1 Å². The number of nitrogens with one attached hydrogen (secondary N) is 1. The zero-order valence-corrected chi connectivity index (χ0v) is 46.1. The Hall–Kier alpha value is -2.43. The van der Waals surface area contributed by atoms with E-state index in [1.165, 1.54) is 218 Å². The largest absolute Gasteiger partial charge is 0.394 e. The summed E-state index contributed by atoms with van der Waals surface area (Å²) in [5, 5.41) is 23.1. The van der Waals surface area contributed by atoms with Gasteiger partial charge in [-0.25, -0.2) is 0 Å². The summed E-state index contributed by atoms with van der Waals surface area (Å²) in [7, 11) is 0. The maximum atomic E-state index is 12.5. The molecule has 2 unspecified atom stereocenters. The van der Waals surface area contributed by atoms with Crippen LogP contribution in [-0.2, 0) is 4.79 Å². The Balaban J connectivity index is 3.43. The van der Waals surface area contributed by atoms with Gasteiger partial charge in [0.25, 0.3) is 0 Å². The number of aliphatic hydroxyl groups is 2. The first-order valence-corrected chi connectivity index (χ1v) is 30.3. The smallest absolute Gasteiger partial charge is 0.220 e. The van der Waals surface area contributed by atoms with Crippen LogP contribution in [0.3, 0.4) is 0 Å². The number of hydrogen-bond acceptors (Lipinski definition) is 3. The predicted octanol–water partition coefficient (Wildman–Crippen LogP) is 20.3. The highest BCUT2D eigenvalue weighted by molar-refractivity contribution is 5.76. The van der Waals surface area contributed by atoms with Gasteiger partial charge in [0.15, 0.2) is 0 Å². The fourth-order valence-corrected chi connectivity index (χ4v) is 9.05. The van der Waals surface area contributed by atoms with Crippen LogP contribution in [0, 0.1) is 0 Å². The number of aliphatic hydroxyl groups excluding tert-OH is 2. The fraction of sp³-hybridized carbons (Fsp3) is 0.769. The molecule has 0 aromatic carbocycles. The number of allylic oxidation sites excluding steroid dienone is 13. The summed E-state index contributed by atoms with van der Waals surface area (Å²) in [5.41, 5.74) is 0. The van der Waals surface area contributed by atoms with Gasteiger partial charge in [0.2, 0.25) is 5.91 Å². The zero-order valence-electron chi connectivity index (χ0n) is 46.1. The molecule has 0 radical (unpaired) electrons. The second-order valence-corrected chi connectivity index (χ2v) is 20.4. The van der Waals surface area contributed by atoms with Crippen molar-refractivity contribution in [1.29, 1.82) is 0 Å². The minimum Gasteiger partial charge on any atom is -0.394 e. The predicted molar refractivity (Wildman–Crippen MR) is 308 cm³/mol. The molecule has 0 rings (SSSR count). The number of carbonyl (C=O) groups is 1. The van der Waals surface area contributed by atoms with Gasteiger partial charge in [-0.05, 0) is 77.0 Å². The molecule has 3 N–H and O–H groups in total. The van der Waals surface area contributed by atoms with E-state index in [1.807, 2.05) is 6.08 Å². The first kappa shape index (κ1) is 66.6. The topological polar surface area (TPSA) is 69.6 Å². The van der Waals surface area contributed by atoms with E-state index in [4.69, 9.17) is 0 Å². The van der Waals surface area contributed by atoms with Crippen LogP contribution in [0.5, 0.6) is 0 Å². The molecule has 0 bridgehead atoms. The third kappa shape index (κ3) is 56.4. The van der Waals surface area contributed by atoms with Gasteiger partial charge in [-0.15, -0.1) is 0 Å². The summed E-state index contributed by atoms with van der Waals surface area (Å²) in [6, 6.07) is -0.640. The molecule has 0 aromatic rings. The maximum Gasteiger partial charge on any atom is 0.220 e. The van der Waals surface area contributed by atoms with Gasteiger partial charge in [-0.1, -0.05) is 304 Å². The molecule has 4 heteroatoms. The molecule has 4 nitrogen and oxygen atoms in total. The summed E-state index contributed by atoms with van der Waals surface area (Å²) in [5.74, 6) is -0.0707. The van der Waals surface area contributed by atoms with Crippen molar-refractivity contribution in [2.24, 2.45) is 0 Å². The second-order valence-electron chi connectivity index (χ2n) is 20.4. The van der Waals surface area contributed by atoms with Gasteiger partial charge in [0, 0.05) is 6.42 Å². The Kier molecular flexibility index (Phi) is 57.8. The van der Waals surface area contributed by atoms with E-state index >= 15 is 0 Å². The van der Waals surface area contributed by atoms with Crippen molar-refractivity contribution >= 4 is 5.91 Å². The van der Waals surface area contributed by atoms with Crippen molar-refractivity contribution < 1.29 is 15.0 Å².